The van der Waals surface area contributed by atoms with Crippen LogP contribution in [-0.4, -0.2) is 33.3 Å². The largest absolute Gasteiger partial charge is 0.364 e. The average Bonchev–Trinajstić information content (AvgIpc) is 2.83. The summed E-state index contributed by atoms with van der Waals surface area (Å²) in [5.41, 5.74) is 1.12. The van der Waals surface area contributed by atoms with Crippen LogP contribution in [0.3, 0.4) is 0 Å². The van der Waals surface area contributed by atoms with Gasteiger partial charge in [0.2, 0.25) is 5.95 Å². The standard InChI is InChI=1S/C15H20N6/c1-2-4-9-21(8-3-1)15-19-14(12-18-20-15)17-11-13-6-5-7-16-10-13/h5-7,10,12H,1-4,8-9,11H2,(H,17,19,20). The van der Waals surface area contributed by atoms with E-state index in [1.54, 1.807) is 12.4 Å². The van der Waals surface area contributed by atoms with Gasteiger partial charge in [-0.05, 0) is 24.5 Å². The van der Waals surface area contributed by atoms with Crippen molar-refractivity contribution >= 4 is 11.8 Å². The Labute approximate surface area is 124 Å². The Bertz CT molecular complexity index is 551. The molecule has 3 rings (SSSR count). The van der Waals surface area contributed by atoms with Crippen molar-refractivity contribution in [1.82, 2.24) is 20.2 Å². The molecule has 2 aromatic heterocycles. The highest BCUT2D eigenvalue weighted by Gasteiger charge is 2.13. The fraction of sp³-hybridized carbons (Fsp3) is 0.467. The predicted molar refractivity (Wildman–Crippen MR) is 82.1 cm³/mol. The highest BCUT2D eigenvalue weighted by atomic mass is 15.3. The first-order valence-corrected chi connectivity index (χ1v) is 7.49. The number of pyridine rings is 1. The number of hydrogen-bond acceptors (Lipinski definition) is 6. The van der Waals surface area contributed by atoms with E-state index in [0.717, 1.165) is 30.4 Å². The van der Waals surface area contributed by atoms with Gasteiger partial charge in [-0.3, -0.25) is 4.98 Å². The van der Waals surface area contributed by atoms with E-state index in [1.165, 1.54) is 25.7 Å². The van der Waals surface area contributed by atoms with Gasteiger partial charge in [0.25, 0.3) is 0 Å². The maximum Gasteiger partial charge on any atom is 0.247 e. The topological polar surface area (TPSA) is 66.8 Å². The van der Waals surface area contributed by atoms with E-state index >= 15 is 0 Å². The normalized spacial score (nSPS) is 15.5. The van der Waals surface area contributed by atoms with Crippen LogP contribution in [0, 0.1) is 0 Å². The molecule has 0 amide bonds. The van der Waals surface area contributed by atoms with Crippen molar-refractivity contribution in [2.45, 2.75) is 32.2 Å². The molecule has 0 saturated carbocycles. The Kier molecular flexibility index (Phi) is 4.55. The lowest BCUT2D eigenvalue weighted by Gasteiger charge is -2.19. The summed E-state index contributed by atoms with van der Waals surface area (Å²) in [4.78, 5) is 10.9. The third-order valence-electron chi connectivity index (χ3n) is 3.63. The van der Waals surface area contributed by atoms with Gasteiger partial charge < -0.3 is 10.2 Å². The van der Waals surface area contributed by atoms with Gasteiger partial charge >= 0.3 is 0 Å². The number of hydrogen-bond donors (Lipinski definition) is 1. The summed E-state index contributed by atoms with van der Waals surface area (Å²) in [7, 11) is 0. The van der Waals surface area contributed by atoms with Crippen LogP contribution in [0.5, 0.6) is 0 Å². The summed E-state index contributed by atoms with van der Waals surface area (Å²) in [5, 5.41) is 11.5. The smallest absolute Gasteiger partial charge is 0.247 e. The molecule has 110 valence electrons. The number of nitrogens with one attached hydrogen (secondary N) is 1. The van der Waals surface area contributed by atoms with Crippen LogP contribution in [-0.2, 0) is 6.54 Å². The van der Waals surface area contributed by atoms with E-state index in [-0.39, 0.29) is 0 Å². The monoisotopic (exact) mass is 284 g/mol. The zero-order chi connectivity index (χ0) is 14.3. The van der Waals surface area contributed by atoms with Gasteiger partial charge in [0.15, 0.2) is 5.82 Å². The molecule has 0 unspecified atom stereocenters. The summed E-state index contributed by atoms with van der Waals surface area (Å²) in [6.45, 7) is 2.73. The van der Waals surface area contributed by atoms with E-state index in [1.807, 2.05) is 18.3 Å². The van der Waals surface area contributed by atoms with Crippen molar-refractivity contribution in [3.05, 3.63) is 36.3 Å². The number of aromatic nitrogens is 4. The van der Waals surface area contributed by atoms with Crippen molar-refractivity contribution < 1.29 is 0 Å². The maximum absolute atomic E-state index is 4.57. The first-order chi connectivity index (χ1) is 10.4. The zero-order valence-electron chi connectivity index (χ0n) is 12.1. The highest BCUT2D eigenvalue weighted by molar-refractivity contribution is 5.39. The van der Waals surface area contributed by atoms with Crippen molar-refractivity contribution in [3.63, 3.8) is 0 Å². The molecule has 1 fully saturated rings. The molecule has 0 aliphatic carbocycles. The lowest BCUT2D eigenvalue weighted by molar-refractivity contribution is 0.726. The second-order valence-electron chi connectivity index (χ2n) is 5.26. The van der Waals surface area contributed by atoms with Gasteiger partial charge in [0.1, 0.15) is 0 Å². The predicted octanol–water partition coefficient (Wildman–Crippen LogP) is 2.26. The van der Waals surface area contributed by atoms with Crippen molar-refractivity contribution in [2.75, 3.05) is 23.3 Å². The lowest BCUT2D eigenvalue weighted by Crippen LogP contribution is -2.26. The van der Waals surface area contributed by atoms with Crippen molar-refractivity contribution in [2.24, 2.45) is 0 Å². The van der Waals surface area contributed by atoms with E-state index in [4.69, 9.17) is 0 Å². The van der Waals surface area contributed by atoms with Gasteiger partial charge in [-0.1, -0.05) is 18.9 Å². The highest BCUT2D eigenvalue weighted by Crippen LogP contribution is 2.16. The minimum absolute atomic E-state index is 0.686. The summed E-state index contributed by atoms with van der Waals surface area (Å²) in [5.74, 6) is 1.49. The molecular formula is C15H20N6. The quantitative estimate of drug-likeness (QED) is 0.929. The van der Waals surface area contributed by atoms with Crippen LogP contribution >= 0.6 is 0 Å². The molecule has 6 heteroatoms. The summed E-state index contributed by atoms with van der Waals surface area (Å²) >= 11 is 0. The summed E-state index contributed by atoms with van der Waals surface area (Å²) < 4.78 is 0. The molecule has 0 aromatic carbocycles. The van der Waals surface area contributed by atoms with E-state index in [9.17, 15) is 0 Å². The number of anilines is 2. The number of rotatable bonds is 4. The molecule has 1 N–H and O–H groups in total. The Morgan fingerprint density at radius 3 is 2.71 bits per heavy atom. The Balaban J connectivity index is 1.65. The van der Waals surface area contributed by atoms with Crippen LogP contribution < -0.4 is 10.2 Å². The maximum atomic E-state index is 4.57. The molecule has 0 radical (unpaired) electrons. The molecule has 6 nitrogen and oxygen atoms in total. The third-order valence-corrected chi connectivity index (χ3v) is 3.63. The zero-order valence-corrected chi connectivity index (χ0v) is 12.1. The summed E-state index contributed by atoms with van der Waals surface area (Å²) in [6, 6.07) is 3.96. The molecule has 0 spiro atoms. The van der Waals surface area contributed by atoms with Gasteiger partial charge in [0, 0.05) is 32.0 Å². The Hall–Kier alpha value is -2.24. The van der Waals surface area contributed by atoms with E-state index < -0.39 is 0 Å². The molecule has 0 atom stereocenters. The fourth-order valence-corrected chi connectivity index (χ4v) is 2.48. The lowest BCUT2D eigenvalue weighted by atomic mass is 10.2. The second-order valence-corrected chi connectivity index (χ2v) is 5.26. The SMILES string of the molecule is c1cncc(CNc2cnnc(N3CCCCCC3)n2)c1. The molecule has 2 aromatic rings. The van der Waals surface area contributed by atoms with Crippen LogP contribution in [0.4, 0.5) is 11.8 Å². The number of nitrogens with zero attached hydrogens (tertiary/aromatic N) is 5. The van der Waals surface area contributed by atoms with E-state index in [0.29, 0.717) is 6.54 Å². The van der Waals surface area contributed by atoms with Crippen LogP contribution in [0.2, 0.25) is 0 Å². The Morgan fingerprint density at radius 2 is 1.95 bits per heavy atom. The first kappa shape index (κ1) is 13.7. The molecule has 1 aliphatic rings. The second kappa shape index (κ2) is 6.97. The summed E-state index contributed by atoms with van der Waals surface area (Å²) in [6.07, 6.45) is 10.3. The van der Waals surface area contributed by atoms with Crippen molar-refractivity contribution in [3.8, 4) is 0 Å². The fourth-order valence-electron chi connectivity index (χ4n) is 2.48. The third kappa shape index (κ3) is 3.87. The molecule has 3 heterocycles. The minimum atomic E-state index is 0.686. The van der Waals surface area contributed by atoms with E-state index in [2.05, 4.69) is 30.4 Å². The van der Waals surface area contributed by atoms with Gasteiger partial charge in [-0.25, -0.2) is 0 Å². The van der Waals surface area contributed by atoms with Gasteiger partial charge in [0.05, 0.1) is 6.20 Å². The van der Waals surface area contributed by atoms with Crippen molar-refractivity contribution in [1.29, 1.82) is 0 Å². The van der Waals surface area contributed by atoms with Gasteiger partial charge in [-0.2, -0.15) is 10.1 Å². The first-order valence-electron chi connectivity index (χ1n) is 7.49. The molecule has 1 aliphatic heterocycles. The van der Waals surface area contributed by atoms with Crippen LogP contribution in [0.1, 0.15) is 31.2 Å². The average molecular weight is 284 g/mol. The molecule has 1 saturated heterocycles. The van der Waals surface area contributed by atoms with Crippen LogP contribution in [0.25, 0.3) is 0 Å². The molecule has 21 heavy (non-hydrogen) atoms. The molecular weight excluding hydrogens is 264 g/mol. The van der Waals surface area contributed by atoms with Crippen LogP contribution in [0.15, 0.2) is 30.7 Å². The minimum Gasteiger partial charge on any atom is -0.364 e. The van der Waals surface area contributed by atoms with Gasteiger partial charge in [-0.15, -0.1) is 5.10 Å². The Morgan fingerprint density at radius 1 is 1.10 bits per heavy atom. The molecule has 0 bridgehead atoms.